The zero-order valence-electron chi connectivity index (χ0n) is 7.55. The van der Waals surface area contributed by atoms with Gasteiger partial charge in [0.15, 0.2) is 5.03 Å². The van der Waals surface area contributed by atoms with Gasteiger partial charge in [-0.1, -0.05) is 6.07 Å². The Kier molecular flexibility index (Phi) is 3.31. The highest BCUT2D eigenvalue weighted by atomic mass is 32.3. The summed E-state index contributed by atoms with van der Waals surface area (Å²) in [7, 11) is -4.98. The molecule has 8 heteroatoms. The minimum absolute atomic E-state index is 0.625. The van der Waals surface area contributed by atoms with Crippen molar-refractivity contribution in [2.75, 3.05) is 6.26 Å². The Bertz CT molecular complexity index is 433. The van der Waals surface area contributed by atoms with E-state index in [2.05, 4.69) is 4.98 Å². The lowest BCUT2D eigenvalue weighted by Crippen LogP contribution is -2.37. The molecule has 1 rings (SSSR count). The molecule has 0 saturated carbocycles. The molecule has 4 nitrogen and oxygen atoms in total. The van der Waals surface area contributed by atoms with Gasteiger partial charge >= 0.3 is 14.4 Å². The first kappa shape index (κ1) is 12.3. The number of hydrogen-bond donors (Lipinski definition) is 0. The average molecular weight is 255 g/mol. The molecule has 0 spiro atoms. The first-order valence-corrected chi connectivity index (χ1v) is 6.71. The highest BCUT2D eigenvalue weighted by Gasteiger charge is 2.56. The number of halogens is 2. The lowest BCUT2D eigenvalue weighted by molar-refractivity contribution is 0.181. The summed E-state index contributed by atoms with van der Waals surface area (Å²) in [4.78, 5) is 3.30. The van der Waals surface area contributed by atoms with Crippen LogP contribution in [0.15, 0.2) is 29.4 Å². The standard InChI is InChI=1S/C7H7F2NO3S2/c1-14(11)7(8,9)15(12,13)6-4-2-3-5-10-6/h2-5H,1H3. The molecule has 0 saturated heterocycles. The number of nitrogens with zero attached hydrogens (tertiary/aromatic N) is 1. The normalized spacial score (nSPS) is 14.9. The fraction of sp³-hybridized carbons (Fsp3) is 0.286. The van der Waals surface area contributed by atoms with Gasteiger partial charge in [-0.2, -0.15) is 0 Å². The molecule has 0 aliphatic heterocycles. The van der Waals surface area contributed by atoms with Crippen molar-refractivity contribution < 1.29 is 21.8 Å². The third-order valence-corrected chi connectivity index (χ3v) is 5.01. The molecule has 0 fully saturated rings. The lowest BCUT2D eigenvalue weighted by Gasteiger charge is -2.16. The summed E-state index contributed by atoms with van der Waals surface area (Å²) in [5.74, 6) is 0. The van der Waals surface area contributed by atoms with Crippen LogP contribution in [-0.2, 0) is 21.0 Å². The van der Waals surface area contributed by atoms with E-state index in [0.29, 0.717) is 6.26 Å². The summed E-state index contributed by atoms with van der Waals surface area (Å²) in [5.41, 5.74) is 0. The molecule has 15 heavy (non-hydrogen) atoms. The smallest absolute Gasteiger partial charge is 0.517 e. The van der Waals surface area contributed by atoms with Crippen molar-refractivity contribution in [2.45, 2.75) is 9.61 Å². The van der Waals surface area contributed by atoms with Gasteiger partial charge in [0.2, 0.25) is 0 Å². The SMILES string of the molecule is C[S+]([O-])C(F)(F)S(=O)(=O)c1ccccn1. The Morgan fingerprint density at radius 2 is 2.07 bits per heavy atom. The quantitative estimate of drug-likeness (QED) is 0.748. The molecule has 84 valence electrons. The molecular weight excluding hydrogens is 248 g/mol. The molecule has 0 amide bonds. The van der Waals surface area contributed by atoms with Gasteiger partial charge in [0.25, 0.3) is 0 Å². The van der Waals surface area contributed by atoms with Gasteiger partial charge in [0.1, 0.15) is 6.26 Å². The van der Waals surface area contributed by atoms with Crippen molar-refractivity contribution in [2.24, 2.45) is 0 Å². The van der Waals surface area contributed by atoms with E-state index < -0.39 is 30.6 Å². The Morgan fingerprint density at radius 1 is 1.47 bits per heavy atom. The van der Waals surface area contributed by atoms with Crippen molar-refractivity contribution in [3.8, 4) is 0 Å². The predicted octanol–water partition coefficient (Wildman–Crippen LogP) is 0.784. The monoisotopic (exact) mass is 255 g/mol. The maximum atomic E-state index is 13.1. The minimum atomic E-state index is -4.98. The maximum Gasteiger partial charge on any atom is 0.517 e. The van der Waals surface area contributed by atoms with Gasteiger partial charge in [-0.25, -0.2) is 13.4 Å². The predicted molar refractivity (Wildman–Crippen MR) is 50.4 cm³/mol. The molecule has 0 bridgehead atoms. The second-order valence-corrected chi connectivity index (χ2v) is 6.21. The van der Waals surface area contributed by atoms with E-state index in [1.165, 1.54) is 12.1 Å². The Morgan fingerprint density at radius 3 is 2.47 bits per heavy atom. The summed E-state index contributed by atoms with van der Waals surface area (Å²) in [6.45, 7) is 0. The summed E-state index contributed by atoms with van der Waals surface area (Å²) in [6, 6.07) is 3.57. The number of rotatable bonds is 3. The van der Waals surface area contributed by atoms with Crippen LogP contribution in [-0.4, -0.2) is 28.8 Å². The molecule has 0 aliphatic rings. The van der Waals surface area contributed by atoms with Crippen LogP contribution in [0.2, 0.25) is 0 Å². The maximum absolute atomic E-state index is 13.1. The summed E-state index contributed by atoms with van der Waals surface area (Å²) >= 11 is -2.81. The van der Waals surface area contributed by atoms with Crippen LogP contribution in [0.25, 0.3) is 0 Å². The molecule has 1 atom stereocenters. The van der Waals surface area contributed by atoms with E-state index in [1.54, 1.807) is 0 Å². The van der Waals surface area contributed by atoms with Crippen LogP contribution in [0.5, 0.6) is 0 Å². The molecule has 1 heterocycles. The molecule has 0 aromatic carbocycles. The molecule has 1 aromatic rings. The number of alkyl halides is 2. The van der Waals surface area contributed by atoms with Gasteiger partial charge in [-0.15, -0.1) is 8.78 Å². The van der Waals surface area contributed by atoms with E-state index in [1.807, 2.05) is 0 Å². The van der Waals surface area contributed by atoms with Crippen molar-refractivity contribution >= 4 is 21.0 Å². The van der Waals surface area contributed by atoms with Gasteiger partial charge in [0, 0.05) is 17.4 Å². The average Bonchev–Trinajstić information content (AvgIpc) is 2.18. The lowest BCUT2D eigenvalue weighted by atomic mass is 10.5. The zero-order chi connectivity index (χ0) is 11.7. The summed E-state index contributed by atoms with van der Waals surface area (Å²) < 4.78 is 55.1. The largest absolute Gasteiger partial charge is 0.611 e. The molecule has 1 unspecified atom stereocenters. The van der Waals surface area contributed by atoms with E-state index in [4.69, 9.17) is 0 Å². The van der Waals surface area contributed by atoms with Crippen LogP contribution in [0, 0.1) is 0 Å². The number of hydrogen-bond acceptors (Lipinski definition) is 4. The van der Waals surface area contributed by atoms with Gasteiger partial charge in [-0.3, -0.25) is 0 Å². The highest BCUT2D eigenvalue weighted by molar-refractivity contribution is 8.09. The van der Waals surface area contributed by atoms with Gasteiger partial charge < -0.3 is 4.55 Å². The highest BCUT2D eigenvalue weighted by Crippen LogP contribution is 2.32. The first-order chi connectivity index (χ1) is 6.80. The first-order valence-electron chi connectivity index (χ1n) is 3.67. The van der Waals surface area contributed by atoms with Gasteiger partial charge in [0.05, 0.1) is 0 Å². The van der Waals surface area contributed by atoms with Crippen LogP contribution in [0.3, 0.4) is 0 Å². The van der Waals surface area contributed by atoms with E-state index >= 15 is 0 Å². The third kappa shape index (κ3) is 2.11. The van der Waals surface area contributed by atoms with Crippen molar-refractivity contribution in [3.05, 3.63) is 24.4 Å². The molecule has 0 radical (unpaired) electrons. The Labute approximate surface area is 88.4 Å². The van der Waals surface area contributed by atoms with Crippen molar-refractivity contribution in [1.82, 2.24) is 4.98 Å². The second-order valence-electron chi connectivity index (χ2n) is 2.59. The van der Waals surface area contributed by atoms with Crippen LogP contribution < -0.4 is 0 Å². The zero-order valence-corrected chi connectivity index (χ0v) is 9.19. The summed E-state index contributed by atoms with van der Waals surface area (Å²) in [5, 5.41) is -0.787. The van der Waals surface area contributed by atoms with E-state index in [9.17, 15) is 21.8 Å². The van der Waals surface area contributed by atoms with Crippen LogP contribution in [0.1, 0.15) is 0 Å². The molecule has 1 aromatic heterocycles. The van der Waals surface area contributed by atoms with Gasteiger partial charge in [-0.05, 0) is 12.1 Å². The topological polar surface area (TPSA) is 70.1 Å². The fourth-order valence-electron chi connectivity index (χ4n) is 0.782. The minimum Gasteiger partial charge on any atom is -0.611 e. The third-order valence-electron chi connectivity index (χ3n) is 1.56. The Hall–Kier alpha value is -0.730. The molecule has 0 aliphatic carbocycles. The second kappa shape index (κ2) is 4.03. The Balaban J connectivity index is 3.27. The fourth-order valence-corrected chi connectivity index (χ4v) is 2.98. The number of aromatic nitrogens is 1. The summed E-state index contributed by atoms with van der Waals surface area (Å²) in [6.07, 6.45) is 1.70. The van der Waals surface area contributed by atoms with Crippen LogP contribution in [0.4, 0.5) is 8.78 Å². The van der Waals surface area contributed by atoms with E-state index in [0.717, 1.165) is 12.3 Å². The van der Waals surface area contributed by atoms with Crippen LogP contribution >= 0.6 is 0 Å². The van der Waals surface area contributed by atoms with Crippen molar-refractivity contribution in [1.29, 1.82) is 0 Å². The molecule has 0 N–H and O–H groups in total. The number of sulfone groups is 1. The number of pyridine rings is 1. The van der Waals surface area contributed by atoms with E-state index in [-0.39, 0.29) is 0 Å². The van der Waals surface area contributed by atoms with Crippen molar-refractivity contribution in [3.63, 3.8) is 0 Å². The molecular formula is C7H7F2NO3S2.